The molecule has 1 aliphatic heterocycles. The summed E-state index contributed by atoms with van der Waals surface area (Å²) in [5.74, 6) is 0.506. The number of fused-ring (bicyclic) bond motifs is 1. The first-order valence-electron chi connectivity index (χ1n) is 5.68. The third-order valence-corrected chi connectivity index (χ3v) is 3.44. The van der Waals surface area contributed by atoms with Gasteiger partial charge in [-0.25, -0.2) is 4.39 Å². The third kappa shape index (κ3) is 2.08. The molecule has 1 aliphatic rings. The summed E-state index contributed by atoms with van der Waals surface area (Å²) < 4.78 is 20.5. The molecule has 1 heterocycles. The maximum atomic E-state index is 13.7. The van der Waals surface area contributed by atoms with Crippen molar-refractivity contribution in [2.45, 2.75) is 6.10 Å². The highest BCUT2D eigenvalue weighted by molar-refractivity contribution is 9.10. The second-order valence-corrected chi connectivity index (χ2v) is 5.07. The highest BCUT2D eigenvalue weighted by Gasteiger charge is 2.23. The molecule has 0 saturated heterocycles. The van der Waals surface area contributed by atoms with Crippen LogP contribution in [0.2, 0.25) is 0 Å². The zero-order valence-corrected chi connectivity index (χ0v) is 11.1. The SMILES string of the molecule is Fc1ccccc1C1CNc2ccc(Br)cc2O1. The molecule has 2 aromatic rings. The van der Waals surface area contributed by atoms with Gasteiger partial charge in [0.2, 0.25) is 0 Å². The first kappa shape index (κ1) is 11.5. The van der Waals surface area contributed by atoms with E-state index in [0.717, 1.165) is 15.9 Å². The Morgan fingerprint density at radius 3 is 2.89 bits per heavy atom. The molecule has 92 valence electrons. The Labute approximate surface area is 113 Å². The standard InChI is InChI=1S/C14H11BrFNO/c15-9-5-6-12-13(7-9)18-14(8-17-12)10-3-1-2-4-11(10)16/h1-7,14,17H,8H2. The fourth-order valence-electron chi connectivity index (χ4n) is 2.05. The Hall–Kier alpha value is -1.55. The summed E-state index contributed by atoms with van der Waals surface area (Å²) in [5, 5.41) is 3.25. The monoisotopic (exact) mass is 307 g/mol. The van der Waals surface area contributed by atoms with E-state index in [1.54, 1.807) is 12.1 Å². The van der Waals surface area contributed by atoms with Crippen LogP contribution in [0.5, 0.6) is 5.75 Å². The average Bonchev–Trinajstić information content (AvgIpc) is 2.38. The van der Waals surface area contributed by atoms with Crippen LogP contribution in [-0.2, 0) is 0 Å². The molecule has 1 atom stereocenters. The van der Waals surface area contributed by atoms with Crippen molar-refractivity contribution in [2.24, 2.45) is 0 Å². The van der Waals surface area contributed by atoms with Crippen molar-refractivity contribution in [3.05, 3.63) is 58.3 Å². The van der Waals surface area contributed by atoms with Crippen LogP contribution in [-0.4, -0.2) is 6.54 Å². The van der Waals surface area contributed by atoms with Gasteiger partial charge in [-0.3, -0.25) is 0 Å². The minimum Gasteiger partial charge on any atom is -0.482 e. The van der Waals surface area contributed by atoms with Crippen LogP contribution >= 0.6 is 15.9 Å². The summed E-state index contributed by atoms with van der Waals surface area (Å²) in [7, 11) is 0. The van der Waals surface area contributed by atoms with Gasteiger partial charge in [-0.1, -0.05) is 34.1 Å². The molecule has 0 amide bonds. The fraction of sp³-hybridized carbons (Fsp3) is 0.143. The van der Waals surface area contributed by atoms with Gasteiger partial charge in [0.15, 0.2) is 0 Å². The Morgan fingerprint density at radius 1 is 1.22 bits per heavy atom. The molecular weight excluding hydrogens is 297 g/mol. The maximum absolute atomic E-state index is 13.7. The maximum Gasteiger partial charge on any atom is 0.144 e. The number of nitrogens with one attached hydrogen (secondary N) is 1. The Kier molecular flexibility index (Phi) is 2.96. The average molecular weight is 308 g/mol. The first-order valence-corrected chi connectivity index (χ1v) is 6.48. The fourth-order valence-corrected chi connectivity index (χ4v) is 2.39. The lowest BCUT2D eigenvalue weighted by Crippen LogP contribution is -2.24. The molecule has 2 aromatic carbocycles. The molecule has 18 heavy (non-hydrogen) atoms. The van der Waals surface area contributed by atoms with E-state index in [9.17, 15) is 4.39 Å². The van der Waals surface area contributed by atoms with Crippen molar-refractivity contribution in [3.63, 3.8) is 0 Å². The van der Waals surface area contributed by atoms with E-state index in [-0.39, 0.29) is 11.9 Å². The van der Waals surface area contributed by atoms with Crippen molar-refractivity contribution < 1.29 is 9.13 Å². The highest BCUT2D eigenvalue weighted by atomic mass is 79.9. The molecule has 0 aromatic heterocycles. The molecule has 0 radical (unpaired) electrons. The Morgan fingerprint density at radius 2 is 2.06 bits per heavy atom. The third-order valence-electron chi connectivity index (χ3n) is 2.94. The van der Waals surface area contributed by atoms with Crippen LogP contribution in [0.15, 0.2) is 46.9 Å². The van der Waals surface area contributed by atoms with E-state index >= 15 is 0 Å². The normalized spacial score (nSPS) is 17.6. The van der Waals surface area contributed by atoms with Crippen molar-refractivity contribution in [2.75, 3.05) is 11.9 Å². The summed E-state index contributed by atoms with van der Waals surface area (Å²) in [5.41, 5.74) is 1.52. The molecule has 2 nitrogen and oxygen atoms in total. The number of benzene rings is 2. The van der Waals surface area contributed by atoms with Gasteiger partial charge >= 0.3 is 0 Å². The van der Waals surface area contributed by atoms with Gasteiger partial charge in [-0.05, 0) is 24.3 Å². The van der Waals surface area contributed by atoms with Crippen molar-refractivity contribution >= 4 is 21.6 Å². The smallest absolute Gasteiger partial charge is 0.144 e. The predicted octanol–water partition coefficient (Wildman–Crippen LogP) is 4.13. The molecule has 3 rings (SSSR count). The van der Waals surface area contributed by atoms with E-state index in [2.05, 4.69) is 21.2 Å². The number of rotatable bonds is 1. The highest BCUT2D eigenvalue weighted by Crippen LogP contribution is 2.36. The van der Waals surface area contributed by atoms with E-state index in [0.29, 0.717) is 12.1 Å². The zero-order chi connectivity index (χ0) is 12.5. The zero-order valence-electron chi connectivity index (χ0n) is 9.49. The van der Waals surface area contributed by atoms with Crippen LogP contribution in [0.1, 0.15) is 11.7 Å². The van der Waals surface area contributed by atoms with Gasteiger partial charge < -0.3 is 10.1 Å². The van der Waals surface area contributed by atoms with Gasteiger partial charge in [0, 0.05) is 10.0 Å². The molecule has 4 heteroatoms. The molecule has 0 spiro atoms. The number of halogens is 2. The van der Waals surface area contributed by atoms with Crippen LogP contribution in [0.25, 0.3) is 0 Å². The number of hydrogen-bond acceptors (Lipinski definition) is 2. The van der Waals surface area contributed by atoms with Crippen molar-refractivity contribution in [1.29, 1.82) is 0 Å². The Balaban J connectivity index is 1.93. The van der Waals surface area contributed by atoms with Gasteiger partial charge in [0.25, 0.3) is 0 Å². The largest absolute Gasteiger partial charge is 0.482 e. The van der Waals surface area contributed by atoms with Crippen LogP contribution in [0, 0.1) is 5.82 Å². The van der Waals surface area contributed by atoms with Gasteiger partial charge in [-0.2, -0.15) is 0 Å². The summed E-state index contributed by atoms with van der Waals surface area (Å²) in [6.45, 7) is 0.565. The summed E-state index contributed by atoms with van der Waals surface area (Å²) in [6, 6.07) is 12.5. The second-order valence-electron chi connectivity index (χ2n) is 4.15. The molecule has 1 N–H and O–H groups in total. The van der Waals surface area contributed by atoms with Crippen molar-refractivity contribution in [3.8, 4) is 5.75 Å². The summed E-state index contributed by atoms with van der Waals surface area (Å²) in [6.07, 6.45) is -0.298. The number of ether oxygens (including phenoxy) is 1. The van der Waals surface area contributed by atoms with Gasteiger partial charge in [0.1, 0.15) is 17.7 Å². The lowest BCUT2D eigenvalue weighted by molar-refractivity contribution is 0.205. The second kappa shape index (κ2) is 4.61. The molecular formula is C14H11BrFNO. The lowest BCUT2D eigenvalue weighted by Gasteiger charge is -2.28. The Bertz CT molecular complexity index is 588. The van der Waals surface area contributed by atoms with Gasteiger partial charge in [0.05, 0.1) is 12.2 Å². The molecule has 1 unspecified atom stereocenters. The lowest BCUT2D eigenvalue weighted by atomic mass is 10.1. The molecule has 0 fully saturated rings. The summed E-state index contributed by atoms with van der Waals surface area (Å²) in [4.78, 5) is 0. The minimum atomic E-state index is -0.298. The topological polar surface area (TPSA) is 21.3 Å². The van der Waals surface area contributed by atoms with Crippen LogP contribution in [0.4, 0.5) is 10.1 Å². The quantitative estimate of drug-likeness (QED) is 0.855. The molecule has 0 bridgehead atoms. The van der Waals surface area contributed by atoms with E-state index < -0.39 is 0 Å². The first-order chi connectivity index (χ1) is 8.74. The van der Waals surface area contributed by atoms with Crippen LogP contribution in [0.3, 0.4) is 0 Å². The van der Waals surface area contributed by atoms with Gasteiger partial charge in [-0.15, -0.1) is 0 Å². The van der Waals surface area contributed by atoms with Crippen LogP contribution < -0.4 is 10.1 Å². The molecule has 0 saturated carbocycles. The van der Waals surface area contributed by atoms with E-state index in [1.807, 2.05) is 24.3 Å². The summed E-state index contributed by atoms with van der Waals surface area (Å²) >= 11 is 3.40. The van der Waals surface area contributed by atoms with E-state index in [1.165, 1.54) is 6.07 Å². The number of hydrogen-bond donors (Lipinski definition) is 1. The minimum absolute atomic E-state index is 0.234. The predicted molar refractivity (Wildman–Crippen MR) is 72.4 cm³/mol. The van der Waals surface area contributed by atoms with Crippen molar-refractivity contribution in [1.82, 2.24) is 0 Å². The number of anilines is 1. The van der Waals surface area contributed by atoms with E-state index in [4.69, 9.17) is 4.74 Å². The molecule has 0 aliphatic carbocycles.